The molecule has 1 aliphatic rings. The Morgan fingerprint density at radius 2 is 1.78 bits per heavy atom. The van der Waals surface area contributed by atoms with Crippen LogP contribution in [-0.2, 0) is 10.0 Å². The number of ether oxygens (including phenoxy) is 1. The number of benzene rings is 2. The molecule has 27 heavy (non-hydrogen) atoms. The molecule has 0 radical (unpaired) electrons. The van der Waals surface area contributed by atoms with Crippen LogP contribution in [0, 0.1) is 6.92 Å². The average molecular weight is 389 g/mol. The van der Waals surface area contributed by atoms with Crippen molar-refractivity contribution in [2.45, 2.75) is 37.8 Å². The van der Waals surface area contributed by atoms with Crippen LogP contribution in [0.15, 0.2) is 53.4 Å². The zero-order valence-electron chi connectivity index (χ0n) is 16.4. The molecule has 5 nitrogen and oxygen atoms in total. The highest BCUT2D eigenvalue weighted by molar-refractivity contribution is 7.89. The van der Waals surface area contributed by atoms with Crippen molar-refractivity contribution in [1.29, 1.82) is 0 Å². The number of rotatable bonds is 5. The highest BCUT2D eigenvalue weighted by atomic mass is 32.2. The highest BCUT2D eigenvalue weighted by Crippen LogP contribution is 2.32. The van der Waals surface area contributed by atoms with Gasteiger partial charge in [-0.25, -0.2) is 8.42 Å². The van der Waals surface area contributed by atoms with E-state index in [0.717, 1.165) is 23.4 Å². The molecule has 1 fully saturated rings. The molecular weight excluding hydrogens is 360 g/mol. The van der Waals surface area contributed by atoms with Gasteiger partial charge >= 0.3 is 0 Å². The number of likely N-dealkylation sites (N-methyl/N-ethyl adjacent to an activating group) is 1. The summed E-state index contributed by atoms with van der Waals surface area (Å²) in [4.78, 5) is 2.50. The summed E-state index contributed by atoms with van der Waals surface area (Å²) in [6, 6.07) is 14.8. The number of aryl methyl sites for hydroxylation is 1. The molecule has 0 saturated carbocycles. The van der Waals surface area contributed by atoms with Gasteiger partial charge in [-0.15, -0.1) is 0 Å². The highest BCUT2D eigenvalue weighted by Gasteiger charge is 2.36. The van der Waals surface area contributed by atoms with Gasteiger partial charge in [0.05, 0.1) is 17.0 Å². The molecule has 6 heteroatoms. The molecule has 0 spiro atoms. The van der Waals surface area contributed by atoms with E-state index < -0.39 is 10.0 Å². The first-order chi connectivity index (χ1) is 12.8. The Bertz CT molecular complexity index is 882. The van der Waals surface area contributed by atoms with E-state index in [1.54, 1.807) is 22.5 Å². The van der Waals surface area contributed by atoms with Crippen molar-refractivity contribution < 1.29 is 13.2 Å². The van der Waals surface area contributed by atoms with Crippen molar-refractivity contribution in [3.05, 3.63) is 59.7 Å². The summed E-state index contributed by atoms with van der Waals surface area (Å²) < 4.78 is 34.2. The Morgan fingerprint density at radius 1 is 1.07 bits per heavy atom. The number of sulfonamides is 1. The fourth-order valence-corrected chi connectivity index (χ4v) is 5.12. The molecular formula is C21H28N2O3S. The van der Waals surface area contributed by atoms with Gasteiger partial charge in [0.15, 0.2) is 0 Å². The molecule has 0 amide bonds. The summed E-state index contributed by atoms with van der Waals surface area (Å²) >= 11 is 0. The molecule has 1 heterocycles. The number of hydrogen-bond acceptors (Lipinski definition) is 4. The van der Waals surface area contributed by atoms with Crippen LogP contribution in [0.2, 0.25) is 0 Å². The largest absolute Gasteiger partial charge is 0.491 e. The van der Waals surface area contributed by atoms with Crippen molar-refractivity contribution in [2.75, 3.05) is 26.7 Å². The molecule has 1 saturated heterocycles. The molecule has 146 valence electrons. The van der Waals surface area contributed by atoms with Gasteiger partial charge in [-0.3, -0.25) is 0 Å². The van der Waals surface area contributed by atoms with E-state index in [-0.39, 0.29) is 12.1 Å². The molecule has 0 aromatic heterocycles. The zero-order valence-corrected chi connectivity index (χ0v) is 17.2. The molecule has 0 bridgehead atoms. The summed E-state index contributed by atoms with van der Waals surface area (Å²) in [6.45, 7) is 7.67. The van der Waals surface area contributed by atoms with Crippen molar-refractivity contribution in [3.8, 4) is 5.75 Å². The second-order valence-corrected chi connectivity index (χ2v) is 9.29. The van der Waals surface area contributed by atoms with E-state index in [4.69, 9.17) is 4.74 Å². The van der Waals surface area contributed by atoms with Gasteiger partial charge in [0.25, 0.3) is 0 Å². The molecule has 0 unspecified atom stereocenters. The van der Waals surface area contributed by atoms with E-state index in [2.05, 4.69) is 4.90 Å². The third-order valence-electron chi connectivity index (χ3n) is 4.83. The van der Waals surface area contributed by atoms with E-state index in [9.17, 15) is 8.42 Å². The smallest absolute Gasteiger partial charge is 0.243 e. The lowest BCUT2D eigenvalue weighted by molar-refractivity contribution is 0.160. The first-order valence-electron chi connectivity index (χ1n) is 9.31. The monoisotopic (exact) mass is 388 g/mol. The van der Waals surface area contributed by atoms with Crippen molar-refractivity contribution >= 4 is 10.0 Å². The van der Waals surface area contributed by atoms with Crippen molar-refractivity contribution in [3.63, 3.8) is 0 Å². The SMILES string of the molecule is Cc1cc(S(=O)(=O)N2CCN(C)C[C@@H]2c2ccccc2)ccc1OC(C)C. The minimum absolute atomic E-state index is 0.0475. The fourth-order valence-electron chi connectivity index (χ4n) is 3.44. The third-order valence-corrected chi connectivity index (χ3v) is 6.74. The second kappa shape index (κ2) is 8.00. The van der Waals surface area contributed by atoms with Crippen LogP contribution in [0.1, 0.15) is 31.0 Å². The number of piperazine rings is 1. The van der Waals surface area contributed by atoms with Crippen LogP contribution in [0.5, 0.6) is 5.75 Å². The lowest BCUT2D eigenvalue weighted by Crippen LogP contribution is -2.49. The maximum absolute atomic E-state index is 13.4. The minimum Gasteiger partial charge on any atom is -0.491 e. The Kier molecular flexibility index (Phi) is 5.89. The topological polar surface area (TPSA) is 49.9 Å². The summed E-state index contributed by atoms with van der Waals surface area (Å²) in [5.74, 6) is 0.724. The number of nitrogens with zero attached hydrogens (tertiary/aromatic N) is 2. The van der Waals surface area contributed by atoms with Crippen LogP contribution >= 0.6 is 0 Å². The molecule has 0 N–H and O–H groups in total. The van der Waals surface area contributed by atoms with Crippen LogP contribution in [0.3, 0.4) is 0 Å². The molecule has 0 aliphatic carbocycles. The van der Waals surface area contributed by atoms with Crippen LogP contribution in [0.25, 0.3) is 0 Å². The molecule has 1 aliphatic heterocycles. The molecule has 1 atom stereocenters. The van der Waals surface area contributed by atoms with Crippen LogP contribution in [-0.4, -0.2) is 50.4 Å². The zero-order chi connectivity index (χ0) is 19.6. The van der Waals surface area contributed by atoms with Gasteiger partial charge in [-0.1, -0.05) is 30.3 Å². The first kappa shape index (κ1) is 19.9. The fraction of sp³-hybridized carbons (Fsp3) is 0.429. The summed E-state index contributed by atoms with van der Waals surface area (Å²) in [7, 11) is -1.57. The predicted octanol–water partition coefficient (Wildman–Crippen LogP) is 3.46. The van der Waals surface area contributed by atoms with Gasteiger partial charge in [-0.2, -0.15) is 4.31 Å². The first-order valence-corrected chi connectivity index (χ1v) is 10.8. The Balaban J connectivity index is 1.96. The van der Waals surface area contributed by atoms with E-state index in [1.807, 2.05) is 58.2 Å². The van der Waals surface area contributed by atoms with Gasteiger partial charge in [0.1, 0.15) is 5.75 Å². The lowest BCUT2D eigenvalue weighted by Gasteiger charge is -2.39. The minimum atomic E-state index is -3.60. The Hall–Kier alpha value is -1.89. The normalized spacial score (nSPS) is 19.4. The Labute approximate surface area is 162 Å². The summed E-state index contributed by atoms with van der Waals surface area (Å²) in [5.41, 5.74) is 1.85. The van der Waals surface area contributed by atoms with E-state index in [1.165, 1.54) is 0 Å². The van der Waals surface area contributed by atoms with Crippen LogP contribution < -0.4 is 4.74 Å². The standard InChI is InChI=1S/C21H28N2O3S/c1-16(2)26-21-11-10-19(14-17(21)3)27(24,25)23-13-12-22(4)15-20(23)18-8-6-5-7-9-18/h5-11,14,16,20H,12-13,15H2,1-4H3/t20-/m1/s1. The summed E-state index contributed by atoms with van der Waals surface area (Å²) in [5, 5.41) is 0. The average Bonchev–Trinajstić information content (AvgIpc) is 2.63. The lowest BCUT2D eigenvalue weighted by atomic mass is 10.1. The van der Waals surface area contributed by atoms with Gasteiger partial charge in [0, 0.05) is 19.6 Å². The van der Waals surface area contributed by atoms with Gasteiger partial charge < -0.3 is 9.64 Å². The van der Waals surface area contributed by atoms with E-state index >= 15 is 0 Å². The van der Waals surface area contributed by atoms with Gasteiger partial charge in [0.2, 0.25) is 10.0 Å². The van der Waals surface area contributed by atoms with Crippen molar-refractivity contribution in [2.24, 2.45) is 0 Å². The van der Waals surface area contributed by atoms with Crippen LogP contribution in [0.4, 0.5) is 0 Å². The molecule has 2 aromatic carbocycles. The quantitative estimate of drug-likeness (QED) is 0.787. The maximum Gasteiger partial charge on any atom is 0.243 e. The van der Waals surface area contributed by atoms with Crippen molar-refractivity contribution in [1.82, 2.24) is 9.21 Å². The predicted molar refractivity (Wildman–Crippen MR) is 108 cm³/mol. The van der Waals surface area contributed by atoms with Gasteiger partial charge in [-0.05, 0) is 57.1 Å². The molecule has 2 aromatic rings. The second-order valence-electron chi connectivity index (χ2n) is 7.40. The molecule has 3 rings (SSSR count). The maximum atomic E-state index is 13.4. The Morgan fingerprint density at radius 3 is 2.41 bits per heavy atom. The van der Waals surface area contributed by atoms with E-state index in [0.29, 0.717) is 18.0 Å². The number of hydrogen-bond donors (Lipinski definition) is 0. The third kappa shape index (κ3) is 4.34. The summed E-state index contributed by atoms with van der Waals surface area (Å²) in [6.07, 6.45) is 0.0475.